The third-order valence-electron chi connectivity index (χ3n) is 3.15. The van der Waals surface area contributed by atoms with E-state index in [1.54, 1.807) is 19.0 Å². The van der Waals surface area contributed by atoms with Crippen LogP contribution in [0.5, 0.6) is 0 Å². The van der Waals surface area contributed by atoms with Crippen LogP contribution in [0.15, 0.2) is 42.7 Å². The number of amides is 1. The van der Waals surface area contributed by atoms with E-state index in [0.29, 0.717) is 12.2 Å². The maximum Gasteiger partial charge on any atom is 0.244 e. The van der Waals surface area contributed by atoms with Gasteiger partial charge in [0.05, 0.1) is 0 Å². The summed E-state index contributed by atoms with van der Waals surface area (Å²) >= 11 is 0. The Morgan fingerprint density at radius 1 is 1.24 bits per heavy atom. The van der Waals surface area contributed by atoms with Gasteiger partial charge in [-0.05, 0) is 12.5 Å². The summed E-state index contributed by atoms with van der Waals surface area (Å²) in [7, 11) is 3.51. The largest absolute Gasteiger partial charge is 0.358 e. The molecular formula is C16H20N4O. The lowest BCUT2D eigenvalue weighted by molar-refractivity contribution is -0.129. The number of rotatable bonds is 5. The number of anilines is 1. The molecule has 110 valence electrons. The number of hydrogen-bond donors (Lipinski definition) is 1. The number of carbonyl (C=O) groups is 1. The zero-order valence-corrected chi connectivity index (χ0v) is 12.6. The van der Waals surface area contributed by atoms with Crippen molar-refractivity contribution in [1.82, 2.24) is 14.9 Å². The molecule has 0 aliphatic heterocycles. The molecule has 1 amide bonds. The van der Waals surface area contributed by atoms with Crippen molar-refractivity contribution in [3.63, 3.8) is 0 Å². The molecule has 0 saturated heterocycles. The molecule has 0 saturated carbocycles. The van der Waals surface area contributed by atoms with Crippen LogP contribution in [0.4, 0.5) is 5.82 Å². The fourth-order valence-corrected chi connectivity index (χ4v) is 2.07. The third kappa shape index (κ3) is 4.27. The predicted octanol–water partition coefficient (Wildman–Crippen LogP) is 1.90. The summed E-state index contributed by atoms with van der Waals surface area (Å²) in [5.41, 5.74) is 1.97. The molecule has 0 aliphatic carbocycles. The zero-order valence-electron chi connectivity index (χ0n) is 12.6. The highest BCUT2D eigenvalue weighted by Gasteiger charge is 2.21. The fourth-order valence-electron chi connectivity index (χ4n) is 2.07. The zero-order chi connectivity index (χ0) is 15.2. The second kappa shape index (κ2) is 6.83. The molecule has 1 heterocycles. The van der Waals surface area contributed by atoms with Crippen molar-refractivity contribution in [2.75, 3.05) is 19.4 Å². The highest BCUT2D eigenvalue weighted by Crippen LogP contribution is 2.11. The van der Waals surface area contributed by atoms with Crippen molar-refractivity contribution in [3.05, 3.63) is 54.0 Å². The summed E-state index contributed by atoms with van der Waals surface area (Å²) in [4.78, 5) is 22.2. The van der Waals surface area contributed by atoms with Gasteiger partial charge in [0.15, 0.2) is 0 Å². The van der Waals surface area contributed by atoms with Gasteiger partial charge in [0, 0.05) is 32.3 Å². The predicted molar refractivity (Wildman–Crippen MR) is 83.0 cm³/mol. The van der Waals surface area contributed by atoms with E-state index in [1.807, 2.05) is 43.3 Å². The molecule has 0 fully saturated rings. The third-order valence-corrected chi connectivity index (χ3v) is 3.15. The van der Waals surface area contributed by atoms with Crippen molar-refractivity contribution >= 4 is 11.7 Å². The van der Waals surface area contributed by atoms with Gasteiger partial charge in [0.2, 0.25) is 5.91 Å². The molecule has 0 spiro atoms. The van der Waals surface area contributed by atoms with Crippen LogP contribution in [0, 0.1) is 6.92 Å². The first-order chi connectivity index (χ1) is 10.1. The first kappa shape index (κ1) is 15.0. The van der Waals surface area contributed by atoms with E-state index in [4.69, 9.17) is 0 Å². The number of aromatic nitrogens is 2. The van der Waals surface area contributed by atoms with Crippen LogP contribution in [0.3, 0.4) is 0 Å². The topological polar surface area (TPSA) is 58.1 Å². The van der Waals surface area contributed by atoms with E-state index in [-0.39, 0.29) is 11.9 Å². The first-order valence-electron chi connectivity index (χ1n) is 6.86. The van der Waals surface area contributed by atoms with Gasteiger partial charge in [-0.3, -0.25) is 4.79 Å². The normalized spacial score (nSPS) is 11.8. The minimum absolute atomic E-state index is 0.0233. The van der Waals surface area contributed by atoms with E-state index in [2.05, 4.69) is 15.3 Å². The van der Waals surface area contributed by atoms with E-state index in [9.17, 15) is 4.79 Å². The fraction of sp³-hybridized carbons (Fsp3) is 0.312. The van der Waals surface area contributed by atoms with E-state index >= 15 is 0 Å². The molecule has 1 unspecified atom stereocenters. The summed E-state index contributed by atoms with van der Waals surface area (Å²) < 4.78 is 0. The Bertz CT molecular complexity index is 598. The van der Waals surface area contributed by atoms with Crippen LogP contribution in [0.25, 0.3) is 0 Å². The summed E-state index contributed by atoms with van der Waals surface area (Å²) in [5, 5.41) is 3.21. The maximum atomic E-state index is 12.4. The molecule has 0 radical (unpaired) electrons. The molecule has 5 nitrogen and oxygen atoms in total. The van der Waals surface area contributed by atoms with Crippen LogP contribution in [0.2, 0.25) is 0 Å². The van der Waals surface area contributed by atoms with Gasteiger partial charge in [-0.25, -0.2) is 9.97 Å². The second-order valence-corrected chi connectivity index (χ2v) is 5.16. The molecule has 2 rings (SSSR count). The van der Waals surface area contributed by atoms with Crippen LogP contribution in [-0.4, -0.2) is 40.9 Å². The van der Waals surface area contributed by atoms with Crippen molar-refractivity contribution in [3.8, 4) is 0 Å². The molecule has 0 aliphatic rings. The van der Waals surface area contributed by atoms with Crippen molar-refractivity contribution in [2.24, 2.45) is 0 Å². The monoisotopic (exact) mass is 284 g/mol. The molecule has 1 atom stereocenters. The average Bonchev–Trinajstić information content (AvgIpc) is 2.47. The summed E-state index contributed by atoms with van der Waals surface area (Å²) in [6, 6.07) is 11.4. The van der Waals surface area contributed by atoms with E-state index < -0.39 is 0 Å². The highest BCUT2D eigenvalue weighted by atomic mass is 16.2. The highest BCUT2D eigenvalue weighted by molar-refractivity contribution is 5.84. The Balaban J connectivity index is 2.18. The quantitative estimate of drug-likeness (QED) is 0.911. The van der Waals surface area contributed by atoms with Gasteiger partial charge in [-0.15, -0.1) is 0 Å². The van der Waals surface area contributed by atoms with Gasteiger partial charge >= 0.3 is 0 Å². The van der Waals surface area contributed by atoms with Crippen LogP contribution >= 0.6 is 0 Å². The lowest BCUT2D eigenvalue weighted by Crippen LogP contribution is -2.40. The smallest absolute Gasteiger partial charge is 0.244 e. The molecule has 0 bridgehead atoms. The number of carbonyl (C=O) groups excluding carboxylic acids is 1. The SMILES string of the molecule is Cc1cc(NC(Cc2ccccc2)C(=O)N(C)C)ncn1. The lowest BCUT2D eigenvalue weighted by atomic mass is 10.0. The Morgan fingerprint density at radius 2 is 1.95 bits per heavy atom. The van der Waals surface area contributed by atoms with Gasteiger partial charge in [-0.2, -0.15) is 0 Å². The Kier molecular flexibility index (Phi) is 4.87. The number of hydrogen-bond acceptors (Lipinski definition) is 4. The van der Waals surface area contributed by atoms with Crippen LogP contribution < -0.4 is 5.32 Å². The second-order valence-electron chi connectivity index (χ2n) is 5.16. The molecule has 1 aromatic carbocycles. The van der Waals surface area contributed by atoms with E-state index in [1.165, 1.54) is 6.33 Å². The molecular weight excluding hydrogens is 264 g/mol. The number of likely N-dealkylation sites (N-methyl/N-ethyl adjacent to an activating group) is 1. The molecule has 5 heteroatoms. The number of aryl methyl sites for hydroxylation is 1. The van der Waals surface area contributed by atoms with Crippen LogP contribution in [0.1, 0.15) is 11.3 Å². The van der Waals surface area contributed by atoms with Gasteiger partial charge in [0.25, 0.3) is 0 Å². The summed E-state index contributed by atoms with van der Waals surface area (Å²) in [5.74, 6) is 0.689. The van der Waals surface area contributed by atoms with Crippen LogP contribution in [-0.2, 0) is 11.2 Å². The summed E-state index contributed by atoms with van der Waals surface area (Å²) in [6.45, 7) is 1.90. The Morgan fingerprint density at radius 3 is 2.57 bits per heavy atom. The van der Waals surface area contributed by atoms with Gasteiger partial charge in [-0.1, -0.05) is 30.3 Å². The minimum Gasteiger partial charge on any atom is -0.358 e. The standard InChI is InChI=1S/C16H20N4O/c1-12-9-15(18-11-17-12)19-14(16(21)20(2)3)10-13-7-5-4-6-8-13/h4-9,11,14H,10H2,1-3H3,(H,17,18,19). The number of benzene rings is 1. The average molecular weight is 284 g/mol. The van der Waals surface area contributed by atoms with Gasteiger partial charge in [0.1, 0.15) is 18.2 Å². The van der Waals surface area contributed by atoms with Crippen molar-refractivity contribution < 1.29 is 4.79 Å². The Labute approximate surface area is 125 Å². The number of nitrogens with zero attached hydrogens (tertiary/aromatic N) is 3. The molecule has 21 heavy (non-hydrogen) atoms. The number of nitrogens with one attached hydrogen (secondary N) is 1. The van der Waals surface area contributed by atoms with E-state index in [0.717, 1.165) is 11.3 Å². The molecule has 2 aromatic rings. The first-order valence-corrected chi connectivity index (χ1v) is 6.86. The Hall–Kier alpha value is -2.43. The lowest BCUT2D eigenvalue weighted by Gasteiger charge is -2.22. The van der Waals surface area contributed by atoms with Gasteiger partial charge < -0.3 is 10.2 Å². The molecule has 1 N–H and O–H groups in total. The maximum absolute atomic E-state index is 12.4. The summed E-state index contributed by atoms with van der Waals surface area (Å²) in [6.07, 6.45) is 2.11. The van der Waals surface area contributed by atoms with Crippen molar-refractivity contribution in [1.29, 1.82) is 0 Å². The molecule has 1 aromatic heterocycles. The van der Waals surface area contributed by atoms with Crippen molar-refractivity contribution in [2.45, 2.75) is 19.4 Å². The minimum atomic E-state index is -0.350.